The molecule has 17 heavy (non-hydrogen) atoms. The smallest absolute Gasteiger partial charge is 0.310 e. The van der Waals surface area contributed by atoms with E-state index >= 15 is 0 Å². The van der Waals surface area contributed by atoms with E-state index in [1.165, 1.54) is 0 Å². The highest BCUT2D eigenvalue weighted by Gasteiger charge is 2.55. The lowest BCUT2D eigenvalue weighted by atomic mass is 10.0. The topological polar surface area (TPSA) is 52.6 Å². The lowest BCUT2D eigenvalue weighted by Crippen LogP contribution is -2.41. The van der Waals surface area contributed by atoms with Crippen molar-refractivity contribution in [1.29, 1.82) is 0 Å². The summed E-state index contributed by atoms with van der Waals surface area (Å²) < 4.78 is 60.7. The number of hydrogen-bond donors (Lipinski definition) is 0. The SMILES string of the molecule is O=C1CCC(F)(F)C(F)(F)CCC(=O)OCO1. The minimum Gasteiger partial charge on any atom is -0.428 e. The van der Waals surface area contributed by atoms with Gasteiger partial charge in [0.25, 0.3) is 0 Å². The maximum atomic E-state index is 13.1. The molecule has 0 aromatic heterocycles. The Hall–Kier alpha value is -1.34. The van der Waals surface area contributed by atoms with E-state index in [2.05, 4.69) is 9.47 Å². The van der Waals surface area contributed by atoms with Gasteiger partial charge in [0.05, 0.1) is 12.8 Å². The number of carbonyl (C=O) groups is 2. The van der Waals surface area contributed by atoms with Crippen LogP contribution in [-0.4, -0.2) is 30.6 Å². The summed E-state index contributed by atoms with van der Waals surface area (Å²) in [5.74, 6) is -10.9. The predicted molar refractivity (Wildman–Crippen MR) is 45.4 cm³/mol. The largest absolute Gasteiger partial charge is 0.428 e. The third-order valence-corrected chi connectivity index (χ3v) is 2.26. The highest BCUT2D eigenvalue weighted by atomic mass is 19.3. The molecule has 0 aliphatic carbocycles. The number of ether oxygens (including phenoxy) is 2. The van der Waals surface area contributed by atoms with Crippen LogP contribution in [0.1, 0.15) is 25.7 Å². The Morgan fingerprint density at radius 2 is 1.18 bits per heavy atom. The Balaban J connectivity index is 2.80. The molecule has 0 spiro atoms. The first-order valence-corrected chi connectivity index (χ1v) is 4.81. The summed E-state index contributed by atoms with van der Waals surface area (Å²) in [7, 11) is 0. The third-order valence-electron chi connectivity index (χ3n) is 2.26. The summed E-state index contributed by atoms with van der Waals surface area (Å²) >= 11 is 0. The number of rotatable bonds is 0. The summed E-state index contributed by atoms with van der Waals surface area (Å²) in [6.45, 7) is -0.741. The Morgan fingerprint density at radius 1 is 0.824 bits per heavy atom. The van der Waals surface area contributed by atoms with Crippen LogP contribution in [0.4, 0.5) is 17.6 Å². The average molecular weight is 258 g/mol. The van der Waals surface area contributed by atoms with Crippen LogP contribution in [0.2, 0.25) is 0 Å². The van der Waals surface area contributed by atoms with Gasteiger partial charge in [-0.25, -0.2) is 0 Å². The zero-order chi connectivity index (χ0) is 13.1. The highest BCUT2D eigenvalue weighted by molar-refractivity contribution is 5.71. The fourth-order valence-corrected chi connectivity index (χ4v) is 1.19. The predicted octanol–water partition coefficient (Wildman–Crippen LogP) is 1.87. The molecule has 0 N–H and O–H groups in total. The van der Waals surface area contributed by atoms with Gasteiger partial charge < -0.3 is 9.47 Å². The number of halogens is 4. The molecule has 0 aromatic rings. The molecule has 1 heterocycles. The van der Waals surface area contributed by atoms with Gasteiger partial charge in [-0.2, -0.15) is 17.6 Å². The maximum Gasteiger partial charge on any atom is 0.310 e. The van der Waals surface area contributed by atoms with E-state index in [1.54, 1.807) is 0 Å². The van der Waals surface area contributed by atoms with Gasteiger partial charge in [-0.05, 0) is 0 Å². The second-order valence-corrected chi connectivity index (χ2v) is 3.56. The molecule has 98 valence electrons. The molecule has 0 saturated carbocycles. The standard InChI is InChI=1S/C9H10F4O4/c10-8(11)3-1-6(14)16-5-17-7(15)2-4-9(8,12)13/h1-5H2. The minimum absolute atomic E-state index is 0.741. The minimum atomic E-state index is -4.35. The average Bonchev–Trinajstić information content (AvgIpc) is 2.23. The van der Waals surface area contributed by atoms with Crippen molar-refractivity contribution in [2.45, 2.75) is 37.5 Å². The Morgan fingerprint density at radius 3 is 1.53 bits per heavy atom. The fraction of sp³-hybridized carbons (Fsp3) is 0.778. The Kier molecular flexibility index (Phi) is 3.94. The second-order valence-electron chi connectivity index (χ2n) is 3.56. The normalized spacial score (nSPS) is 25.4. The van der Waals surface area contributed by atoms with Crippen LogP contribution in [0.15, 0.2) is 0 Å². The number of alkyl halides is 4. The lowest BCUT2D eigenvalue weighted by Gasteiger charge is -2.25. The van der Waals surface area contributed by atoms with E-state index < -0.39 is 56.3 Å². The molecule has 1 saturated heterocycles. The molecule has 0 unspecified atom stereocenters. The first-order valence-electron chi connectivity index (χ1n) is 4.81. The maximum absolute atomic E-state index is 13.1. The molecule has 8 heteroatoms. The van der Waals surface area contributed by atoms with Crippen LogP contribution >= 0.6 is 0 Å². The number of esters is 2. The number of carbonyl (C=O) groups excluding carboxylic acids is 2. The molecule has 0 atom stereocenters. The van der Waals surface area contributed by atoms with Crippen LogP contribution in [0.25, 0.3) is 0 Å². The lowest BCUT2D eigenvalue weighted by molar-refractivity contribution is -0.216. The van der Waals surface area contributed by atoms with Crippen LogP contribution < -0.4 is 0 Å². The summed E-state index contributed by atoms with van der Waals surface area (Å²) in [5, 5.41) is 0. The molecule has 0 aromatic carbocycles. The van der Waals surface area contributed by atoms with Gasteiger partial charge in [-0.1, -0.05) is 0 Å². The summed E-state index contributed by atoms with van der Waals surface area (Å²) in [6.07, 6.45) is -4.37. The van der Waals surface area contributed by atoms with Crippen molar-refractivity contribution in [1.82, 2.24) is 0 Å². The van der Waals surface area contributed by atoms with E-state index in [0.717, 1.165) is 0 Å². The molecular weight excluding hydrogens is 248 g/mol. The van der Waals surface area contributed by atoms with Gasteiger partial charge in [-0.3, -0.25) is 9.59 Å². The monoisotopic (exact) mass is 258 g/mol. The zero-order valence-corrected chi connectivity index (χ0v) is 8.68. The van der Waals surface area contributed by atoms with Gasteiger partial charge in [0.2, 0.25) is 6.79 Å². The molecule has 4 nitrogen and oxygen atoms in total. The molecule has 1 aliphatic heterocycles. The summed E-state index contributed by atoms with van der Waals surface area (Å²) in [6, 6.07) is 0. The van der Waals surface area contributed by atoms with Gasteiger partial charge in [-0.15, -0.1) is 0 Å². The molecule has 1 aliphatic rings. The van der Waals surface area contributed by atoms with Crippen molar-refractivity contribution in [3.05, 3.63) is 0 Å². The highest BCUT2D eigenvalue weighted by Crippen LogP contribution is 2.41. The molecule has 1 rings (SSSR count). The van der Waals surface area contributed by atoms with Crippen molar-refractivity contribution in [2.75, 3.05) is 6.79 Å². The van der Waals surface area contributed by atoms with Gasteiger partial charge >= 0.3 is 23.8 Å². The van der Waals surface area contributed by atoms with Gasteiger partial charge in [0.1, 0.15) is 0 Å². The van der Waals surface area contributed by atoms with Crippen molar-refractivity contribution in [2.24, 2.45) is 0 Å². The fourth-order valence-electron chi connectivity index (χ4n) is 1.19. The van der Waals surface area contributed by atoms with Crippen LogP contribution in [0, 0.1) is 0 Å². The molecular formula is C9H10F4O4. The number of cyclic esters (lactones) is 2. The van der Waals surface area contributed by atoms with E-state index in [4.69, 9.17) is 0 Å². The zero-order valence-electron chi connectivity index (χ0n) is 8.68. The van der Waals surface area contributed by atoms with Crippen molar-refractivity contribution in [3.8, 4) is 0 Å². The second kappa shape index (κ2) is 4.89. The van der Waals surface area contributed by atoms with E-state index in [-0.39, 0.29) is 0 Å². The number of hydrogen-bond acceptors (Lipinski definition) is 4. The van der Waals surface area contributed by atoms with Crippen LogP contribution in [-0.2, 0) is 19.1 Å². The van der Waals surface area contributed by atoms with Crippen LogP contribution in [0.3, 0.4) is 0 Å². The van der Waals surface area contributed by atoms with Crippen molar-refractivity contribution < 1.29 is 36.6 Å². The first-order chi connectivity index (χ1) is 7.74. The summed E-state index contributed by atoms with van der Waals surface area (Å²) in [4.78, 5) is 21.7. The van der Waals surface area contributed by atoms with E-state index in [1.807, 2.05) is 0 Å². The summed E-state index contributed by atoms with van der Waals surface area (Å²) in [5.41, 5.74) is 0. The third kappa shape index (κ3) is 3.57. The molecule has 0 bridgehead atoms. The Labute approximate surface area is 93.9 Å². The van der Waals surface area contributed by atoms with Gasteiger partial charge in [0, 0.05) is 12.8 Å². The van der Waals surface area contributed by atoms with Crippen molar-refractivity contribution in [3.63, 3.8) is 0 Å². The Bertz CT molecular complexity index is 286. The van der Waals surface area contributed by atoms with Crippen LogP contribution in [0.5, 0.6) is 0 Å². The molecule has 0 amide bonds. The molecule has 0 radical (unpaired) electrons. The van der Waals surface area contributed by atoms with E-state index in [0.29, 0.717) is 0 Å². The van der Waals surface area contributed by atoms with Gasteiger partial charge in [0.15, 0.2) is 0 Å². The quantitative estimate of drug-likeness (QED) is 0.491. The van der Waals surface area contributed by atoms with Crippen molar-refractivity contribution >= 4 is 11.9 Å². The van der Waals surface area contributed by atoms with E-state index in [9.17, 15) is 27.2 Å². The molecule has 1 fully saturated rings. The first kappa shape index (κ1) is 13.7.